The fourth-order valence-corrected chi connectivity index (χ4v) is 1.90. The van der Waals surface area contributed by atoms with Gasteiger partial charge in [-0.05, 0) is 24.8 Å². The molecule has 0 saturated carbocycles. The van der Waals surface area contributed by atoms with Crippen LogP contribution in [0, 0.1) is 5.92 Å². The summed E-state index contributed by atoms with van der Waals surface area (Å²) in [6.07, 6.45) is 5.61. The van der Waals surface area contributed by atoms with Crippen LogP contribution in [0.3, 0.4) is 0 Å². The molecule has 0 radical (unpaired) electrons. The fourth-order valence-electron chi connectivity index (χ4n) is 1.21. The molecule has 4 heteroatoms. The van der Waals surface area contributed by atoms with Crippen LogP contribution in [0.15, 0.2) is 35.5 Å². The van der Waals surface area contributed by atoms with Crippen molar-refractivity contribution in [1.29, 1.82) is 0 Å². The summed E-state index contributed by atoms with van der Waals surface area (Å²) in [7, 11) is 0. The second kappa shape index (κ2) is 5.88. The number of carbonyl (C=O) groups excluding carboxylic acids is 1. The van der Waals surface area contributed by atoms with Crippen molar-refractivity contribution in [3.05, 3.63) is 36.8 Å². The van der Waals surface area contributed by atoms with Gasteiger partial charge in [-0.25, -0.2) is 0 Å². The van der Waals surface area contributed by atoms with E-state index in [1.807, 2.05) is 6.26 Å². The third kappa shape index (κ3) is 3.04. The third-order valence-electron chi connectivity index (χ3n) is 1.97. The van der Waals surface area contributed by atoms with Crippen LogP contribution in [0.4, 0.5) is 0 Å². The molecule has 1 atom stereocenters. The number of thiocarbonyl (C=S) groups is 1. The molecule has 15 heavy (non-hydrogen) atoms. The Kier molecular flexibility index (Phi) is 4.78. The Labute approximate surface area is 98.7 Å². The highest BCUT2D eigenvalue weighted by molar-refractivity contribution is 8.22. The predicted octanol–water partition coefficient (Wildman–Crippen LogP) is 3.35. The van der Waals surface area contributed by atoms with Gasteiger partial charge in [0.15, 0.2) is 5.76 Å². The zero-order valence-corrected chi connectivity index (χ0v) is 10.1. The largest absolute Gasteiger partial charge is 0.461 e. The Balaban J connectivity index is 2.85. The molecule has 0 amide bonds. The van der Waals surface area contributed by atoms with Crippen molar-refractivity contribution < 1.29 is 9.21 Å². The number of thioether (sulfide) groups is 1. The lowest BCUT2D eigenvalue weighted by molar-refractivity contribution is 0.0930. The van der Waals surface area contributed by atoms with Gasteiger partial charge in [0.05, 0.1) is 16.4 Å². The standard InChI is InChI=1S/C11H12O2S2/c1-3-5-8(11(14)15-2)10(12)9-6-4-7-13-9/h3-4,6-8H,1,5H2,2H3. The number of allylic oxidation sites excluding steroid dienone is 1. The monoisotopic (exact) mass is 240 g/mol. The molecule has 1 aromatic heterocycles. The number of Topliss-reactive ketones (excluding diaryl/α,β-unsaturated/α-hetero) is 1. The molecule has 0 fully saturated rings. The molecule has 2 nitrogen and oxygen atoms in total. The lowest BCUT2D eigenvalue weighted by Crippen LogP contribution is -2.19. The van der Waals surface area contributed by atoms with Crippen LogP contribution < -0.4 is 0 Å². The molecule has 80 valence electrons. The average Bonchev–Trinajstić information content (AvgIpc) is 2.77. The molecule has 0 aliphatic heterocycles. The van der Waals surface area contributed by atoms with Crippen LogP contribution in [0.2, 0.25) is 0 Å². The van der Waals surface area contributed by atoms with Gasteiger partial charge in [0, 0.05) is 0 Å². The molecule has 0 aliphatic rings. The quantitative estimate of drug-likeness (QED) is 0.448. The molecule has 0 spiro atoms. The molecule has 0 N–H and O–H groups in total. The molecule has 0 saturated heterocycles. The molecule has 1 heterocycles. The smallest absolute Gasteiger partial charge is 0.207 e. The van der Waals surface area contributed by atoms with E-state index in [1.54, 1.807) is 18.2 Å². The number of carbonyl (C=O) groups is 1. The molecule has 0 aliphatic carbocycles. The van der Waals surface area contributed by atoms with Gasteiger partial charge in [0.25, 0.3) is 0 Å². The number of hydrogen-bond acceptors (Lipinski definition) is 4. The van der Waals surface area contributed by atoms with Crippen LogP contribution in [-0.4, -0.2) is 16.2 Å². The van der Waals surface area contributed by atoms with Crippen LogP contribution >= 0.6 is 24.0 Å². The second-order valence-electron chi connectivity index (χ2n) is 2.94. The minimum atomic E-state index is -0.307. The van der Waals surface area contributed by atoms with E-state index in [0.29, 0.717) is 16.4 Å². The van der Waals surface area contributed by atoms with Crippen molar-refractivity contribution in [3.63, 3.8) is 0 Å². The van der Waals surface area contributed by atoms with Crippen molar-refractivity contribution in [2.75, 3.05) is 6.26 Å². The molecular weight excluding hydrogens is 228 g/mol. The van der Waals surface area contributed by atoms with Crippen molar-refractivity contribution in [2.24, 2.45) is 5.92 Å². The molecule has 1 rings (SSSR count). The van der Waals surface area contributed by atoms with E-state index in [1.165, 1.54) is 18.0 Å². The van der Waals surface area contributed by atoms with E-state index < -0.39 is 0 Å². The van der Waals surface area contributed by atoms with E-state index in [-0.39, 0.29) is 11.7 Å². The maximum atomic E-state index is 12.0. The van der Waals surface area contributed by atoms with Crippen molar-refractivity contribution in [1.82, 2.24) is 0 Å². The highest BCUT2D eigenvalue weighted by Gasteiger charge is 2.24. The molecule has 1 aromatic rings. The summed E-state index contributed by atoms with van der Waals surface area (Å²) in [5.41, 5.74) is 0. The first-order valence-corrected chi connectivity index (χ1v) is 6.10. The van der Waals surface area contributed by atoms with Gasteiger partial charge in [-0.3, -0.25) is 4.79 Å². The first-order chi connectivity index (χ1) is 7.20. The van der Waals surface area contributed by atoms with Gasteiger partial charge in [0.2, 0.25) is 5.78 Å². The Bertz CT molecular complexity index is 355. The summed E-state index contributed by atoms with van der Waals surface area (Å²) in [6, 6.07) is 3.35. The lowest BCUT2D eigenvalue weighted by atomic mass is 10.0. The van der Waals surface area contributed by atoms with Crippen molar-refractivity contribution in [3.8, 4) is 0 Å². The Morgan fingerprint density at radius 1 is 1.80 bits per heavy atom. The topological polar surface area (TPSA) is 30.2 Å². The zero-order chi connectivity index (χ0) is 11.3. The Morgan fingerprint density at radius 3 is 3.00 bits per heavy atom. The van der Waals surface area contributed by atoms with E-state index in [4.69, 9.17) is 16.6 Å². The first kappa shape index (κ1) is 12.2. The number of ketones is 1. The highest BCUT2D eigenvalue weighted by Crippen LogP contribution is 2.20. The van der Waals surface area contributed by atoms with Crippen molar-refractivity contribution in [2.45, 2.75) is 6.42 Å². The number of hydrogen-bond donors (Lipinski definition) is 0. The second-order valence-corrected chi connectivity index (χ2v) is 4.49. The molecule has 0 aromatic carbocycles. The summed E-state index contributed by atoms with van der Waals surface area (Å²) in [5, 5.41) is 0. The lowest BCUT2D eigenvalue weighted by Gasteiger charge is -2.11. The summed E-state index contributed by atoms with van der Waals surface area (Å²) in [5.74, 6) is -0.0175. The summed E-state index contributed by atoms with van der Waals surface area (Å²) >= 11 is 6.56. The Hall–Kier alpha value is -0.870. The zero-order valence-electron chi connectivity index (χ0n) is 8.43. The maximum Gasteiger partial charge on any atom is 0.207 e. The SMILES string of the molecule is C=CCC(C(=O)c1ccco1)C(=S)SC. The van der Waals surface area contributed by atoms with Gasteiger partial charge in [-0.2, -0.15) is 0 Å². The van der Waals surface area contributed by atoms with E-state index >= 15 is 0 Å². The van der Waals surface area contributed by atoms with Crippen LogP contribution in [0.25, 0.3) is 0 Å². The minimum absolute atomic E-state index is 0.0701. The predicted molar refractivity (Wildman–Crippen MR) is 67.5 cm³/mol. The normalized spacial score (nSPS) is 12.1. The number of furan rings is 1. The van der Waals surface area contributed by atoms with Crippen molar-refractivity contribution >= 4 is 34.0 Å². The summed E-state index contributed by atoms with van der Waals surface area (Å²) < 4.78 is 5.74. The van der Waals surface area contributed by atoms with E-state index in [9.17, 15) is 4.79 Å². The van der Waals surface area contributed by atoms with Crippen LogP contribution in [-0.2, 0) is 0 Å². The minimum Gasteiger partial charge on any atom is -0.461 e. The van der Waals surface area contributed by atoms with Gasteiger partial charge in [0.1, 0.15) is 0 Å². The molecule has 0 bridgehead atoms. The fraction of sp³-hybridized carbons (Fsp3) is 0.273. The third-order valence-corrected chi connectivity index (χ3v) is 3.44. The van der Waals surface area contributed by atoms with Crippen LogP contribution in [0.1, 0.15) is 17.0 Å². The van der Waals surface area contributed by atoms with Gasteiger partial charge >= 0.3 is 0 Å². The van der Waals surface area contributed by atoms with Gasteiger partial charge in [-0.15, -0.1) is 18.3 Å². The first-order valence-electron chi connectivity index (χ1n) is 4.47. The van der Waals surface area contributed by atoms with Gasteiger partial charge < -0.3 is 4.42 Å². The molecular formula is C11H12O2S2. The molecule has 1 unspecified atom stereocenters. The highest BCUT2D eigenvalue weighted by atomic mass is 32.2. The summed E-state index contributed by atoms with van der Waals surface area (Å²) in [6.45, 7) is 3.63. The Morgan fingerprint density at radius 2 is 2.53 bits per heavy atom. The average molecular weight is 240 g/mol. The maximum absolute atomic E-state index is 12.0. The van der Waals surface area contributed by atoms with E-state index in [0.717, 1.165) is 0 Å². The summed E-state index contributed by atoms with van der Waals surface area (Å²) in [4.78, 5) is 12.0. The van der Waals surface area contributed by atoms with Gasteiger partial charge in [-0.1, -0.05) is 18.3 Å². The van der Waals surface area contributed by atoms with E-state index in [2.05, 4.69) is 6.58 Å². The number of rotatable bonds is 5. The van der Waals surface area contributed by atoms with Crippen LogP contribution in [0.5, 0.6) is 0 Å².